The summed E-state index contributed by atoms with van der Waals surface area (Å²) in [7, 11) is 0. The van der Waals surface area contributed by atoms with Crippen molar-refractivity contribution in [2.45, 2.75) is 103 Å². The van der Waals surface area contributed by atoms with Gasteiger partial charge in [0.1, 0.15) is 0 Å². The van der Waals surface area contributed by atoms with Crippen molar-refractivity contribution in [3.8, 4) is 0 Å². The standard InChI is InChI=1S/C20H38O4/c1-3-5-12-16-19(24-4-2)18(21)15-13-10-8-6-7-9-11-14-17-20(22)23/h10,13,18-19,21H,3-9,11-12,14-17H2,1-2H3,(H,22,23)/b13-10+. The van der Waals surface area contributed by atoms with Gasteiger partial charge < -0.3 is 14.9 Å². The number of aliphatic carboxylic acids is 1. The fraction of sp³-hybridized carbons (Fsp3) is 0.850. The molecule has 0 fully saturated rings. The summed E-state index contributed by atoms with van der Waals surface area (Å²) in [5, 5.41) is 18.8. The third-order valence-corrected chi connectivity index (χ3v) is 4.21. The molecule has 2 N–H and O–H groups in total. The molecule has 2 atom stereocenters. The summed E-state index contributed by atoms with van der Waals surface area (Å²) in [6.07, 6.45) is 15.3. The number of rotatable bonds is 17. The highest BCUT2D eigenvalue weighted by molar-refractivity contribution is 5.66. The maximum Gasteiger partial charge on any atom is 0.303 e. The smallest absolute Gasteiger partial charge is 0.303 e. The Hall–Kier alpha value is -0.870. The van der Waals surface area contributed by atoms with Crippen molar-refractivity contribution in [2.75, 3.05) is 6.61 Å². The molecule has 2 unspecified atom stereocenters. The normalized spacial score (nSPS) is 14.1. The highest BCUT2D eigenvalue weighted by Gasteiger charge is 2.17. The summed E-state index contributed by atoms with van der Waals surface area (Å²) in [4.78, 5) is 10.4. The van der Waals surface area contributed by atoms with Crippen molar-refractivity contribution in [2.24, 2.45) is 0 Å². The molecule has 24 heavy (non-hydrogen) atoms. The van der Waals surface area contributed by atoms with Gasteiger partial charge in [-0.1, -0.05) is 57.6 Å². The first-order valence-electron chi connectivity index (χ1n) is 9.78. The molecule has 0 amide bonds. The molecule has 0 rings (SSSR count). The van der Waals surface area contributed by atoms with Crippen LogP contribution in [0.15, 0.2) is 12.2 Å². The number of unbranched alkanes of at least 4 members (excludes halogenated alkanes) is 7. The largest absolute Gasteiger partial charge is 0.481 e. The number of allylic oxidation sites excluding steroid dienone is 1. The number of hydrogen-bond acceptors (Lipinski definition) is 3. The lowest BCUT2D eigenvalue weighted by atomic mass is 10.0. The van der Waals surface area contributed by atoms with Crippen molar-refractivity contribution in [3.63, 3.8) is 0 Å². The highest BCUT2D eigenvalue weighted by Crippen LogP contribution is 2.14. The number of carboxylic acid groups (broad SMARTS) is 1. The van der Waals surface area contributed by atoms with Gasteiger partial charge in [-0.3, -0.25) is 4.79 Å². The van der Waals surface area contributed by atoms with Gasteiger partial charge in [0.15, 0.2) is 0 Å². The average molecular weight is 343 g/mol. The number of aliphatic hydroxyl groups is 1. The van der Waals surface area contributed by atoms with Crippen molar-refractivity contribution < 1.29 is 19.7 Å². The Morgan fingerprint density at radius 2 is 1.71 bits per heavy atom. The molecule has 0 aromatic rings. The lowest BCUT2D eigenvalue weighted by Gasteiger charge is -2.22. The third-order valence-electron chi connectivity index (χ3n) is 4.21. The Morgan fingerprint density at radius 1 is 1.00 bits per heavy atom. The second-order valence-electron chi connectivity index (χ2n) is 6.46. The molecular formula is C20H38O4. The van der Waals surface area contributed by atoms with Crippen molar-refractivity contribution >= 4 is 5.97 Å². The van der Waals surface area contributed by atoms with Crippen LogP contribution in [0.5, 0.6) is 0 Å². The van der Waals surface area contributed by atoms with Crippen LogP contribution in [0.1, 0.15) is 90.9 Å². The van der Waals surface area contributed by atoms with Crippen molar-refractivity contribution in [1.82, 2.24) is 0 Å². The highest BCUT2D eigenvalue weighted by atomic mass is 16.5. The Labute approximate surface area is 148 Å². The molecule has 142 valence electrons. The molecule has 0 aliphatic rings. The van der Waals surface area contributed by atoms with Gasteiger partial charge in [0.2, 0.25) is 0 Å². The maximum atomic E-state index is 10.4. The predicted molar refractivity (Wildman–Crippen MR) is 99.3 cm³/mol. The van der Waals surface area contributed by atoms with E-state index in [1.54, 1.807) is 0 Å². The lowest BCUT2D eigenvalue weighted by molar-refractivity contribution is -0.137. The molecule has 0 radical (unpaired) electrons. The first-order valence-corrected chi connectivity index (χ1v) is 9.78. The fourth-order valence-electron chi connectivity index (χ4n) is 2.77. The van der Waals surface area contributed by atoms with E-state index in [9.17, 15) is 9.90 Å². The van der Waals surface area contributed by atoms with E-state index in [4.69, 9.17) is 9.84 Å². The molecule has 0 aromatic heterocycles. The van der Waals surface area contributed by atoms with Crippen LogP contribution in [0.2, 0.25) is 0 Å². The van der Waals surface area contributed by atoms with Crippen LogP contribution < -0.4 is 0 Å². The fourth-order valence-corrected chi connectivity index (χ4v) is 2.77. The zero-order chi connectivity index (χ0) is 18.0. The van der Waals surface area contributed by atoms with Crippen LogP contribution in [0.4, 0.5) is 0 Å². The van der Waals surface area contributed by atoms with Crippen LogP contribution in [0, 0.1) is 0 Å². The maximum absolute atomic E-state index is 10.4. The quantitative estimate of drug-likeness (QED) is 0.285. The van der Waals surface area contributed by atoms with E-state index < -0.39 is 12.1 Å². The van der Waals surface area contributed by atoms with E-state index in [0.717, 1.165) is 51.4 Å². The first-order chi connectivity index (χ1) is 11.6. The molecule has 0 saturated heterocycles. The van der Waals surface area contributed by atoms with Crippen LogP contribution in [0.25, 0.3) is 0 Å². The Balaban J connectivity index is 3.69. The molecular weight excluding hydrogens is 304 g/mol. The van der Waals surface area contributed by atoms with E-state index in [0.29, 0.717) is 13.0 Å². The minimum atomic E-state index is -0.698. The second-order valence-corrected chi connectivity index (χ2v) is 6.46. The number of hydrogen-bond donors (Lipinski definition) is 2. The van der Waals surface area contributed by atoms with E-state index in [1.807, 2.05) is 6.92 Å². The van der Waals surface area contributed by atoms with Crippen molar-refractivity contribution in [3.05, 3.63) is 12.2 Å². The molecule has 4 nitrogen and oxygen atoms in total. The van der Waals surface area contributed by atoms with Crippen LogP contribution >= 0.6 is 0 Å². The summed E-state index contributed by atoms with van der Waals surface area (Å²) >= 11 is 0. The topological polar surface area (TPSA) is 66.8 Å². The van der Waals surface area contributed by atoms with Gasteiger partial charge in [0.25, 0.3) is 0 Å². The summed E-state index contributed by atoms with van der Waals surface area (Å²) in [5.74, 6) is -0.698. The number of ether oxygens (including phenoxy) is 1. The van der Waals surface area contributed by atoms with E-state index in [-0.39, 0.29) is 12.5 Å². The Kier molecular flexibility index (Phi) is 16.4. The number of carbonyl (C=O) groups is 1. The molecule has 0 aliphatic heterocycles. The third kappa shape index (κ3) is 14.7. The molecule has 0 saturated carbocycles. The van der Waals surface area contributed by atoms with Gasteiger partial charge in [-0.05, 0) is 39.0 Å². The minimum Gasteiger partial charge on any atom is -0.481 e. The van der Waals surface area contributed by atoms with Crippen LogP contribution in [-0.2, 0) is 9.53 Å². The number of aliphatic hydroxyl groups excluding tert-OH is 1. The molecule has 0 aromatic carbocycles. The van der Waals surface area contributed by atoms with Gasteiger partial charge in [-0.25, -0.2) is 0 Å². The molecule has 0 bridgehead atoms. The Bertz CT molecular complexity index is 315. The molecule has 0 aliphatic carbocycles. The van der Waals surface area contributed by atoms with Gasteiger partial charge in [0, 0.05) is 13.0 Å². The second kappa shape index (κ2) is 17.0. The lowest BCUT2D eigenvalue weighted by Crippen LogP contribution is -2.28. The predicted octanol–water partition coefficient (Wildman–Crippen LogP) is 5.09. The van der Waals surface area contributed by atoms with Crippen LogP contribution in [0.3, 0.4) is 0 Å². The van der Waals surface area contributed by atoms with Gasteiger partial charge >= 0.3 is 5.97 Å². The molecule has 0 heterocycles. The molecule has 0 spiro atoms. The average Bonchev–Trinajstić information content (AvgIpc) is 2.55. The summed E-state index contributed by atoms with van der Waals surface area (Å²) in [6, 6.07) is 0. The summed E-state index contributed by atoms with van der Waals surface area (Å²) < 4.78 is 5.67. The Morgan fingerprint density at radius 3 is 2.38 bits per heavy atom. The minimum absolute atomic E-state index is 0.0413. The summed E-state index contributed by atoms with van der Waals surface area (Å²) in [5.41, 5.74) is 0. The summed E-state index contributed by atoms with van der Waals surface area (Å²) in [6.45, 7) is 4.81. The zero-order valence-electron chi connectivity index (χ0n) is 15.7. The molecule has 4 heteroatoms. The van der Waals surface area contributed by atoms with Gasteiger partial charge in [-0.2, -0.15) is 0 Å². The van der Waals surface area contributed by atoms with Gasteiger partial charge in [-0.15, -0.1) is 0 Å². The first kappa shape index (κ1) is 23.1. The van der Waals surface area contributed by atoms with Crippen LogP contribution in [-0.4, -0.2) is 35.0 Å². The van der Waals surface area contributed by atoms with E-state index >= 15 is 0 Å². The monoisotopic (exact) mass is 342 g/mol. The SMILES string of the molecule is CCCCCC(OCC)C(O)C/C=C/CCCCCCCC(=O)O. The van der Waals surface area contributed by atoms with E-state index in [1.165, 1.54) is 12.8 Å². The van der Waals surface area contributed by atoms with E-state index in [2.05, 4.69) is 19.1 Å². The number of carboxylic acids is 1. The zero-order valence-corrected chi connectivity index (χ0v) is 15.7. The van der Waals surface area contributed by atoms with Gasteiger partial charge in [0.05, 0.1) is 12.2 Å². The van der Waals surface area contributed by atoms with Crippen molar-refractivity contribution in [1.29, 1.82) is 0 Å².